The fourth-order valence-electron chi connectivity index (χ4n) is 8.99. The van der Waals surface area contributed by atoms with E-state index in [0.29, 0.717) is 40.1 Å². The Labute approximate surface area is 226 Å². The van der Waals surface area contributed by atoms with Crippen molar-refractivity contribution >= 4 is 5.97 Å². The van der Waals surface area contributed by atoms with Crippen LogP contribution < -0.4 is 0 Å². The van der Waals surface area contributed by atoms with E-state index in [-0.39, 0.29) is 12.1 Å². The van der Waals surface area contributed by atoms with Gasteiger partial charge >= 0.3 is 5.97 Å². The molecule has 3 saturated carbocycles. The van der Waals surface area contributed by atoms with Gasteiger partial charge in [0.25, 0.3) is 0 Å². The van der Waals surface area contributed by atoms with Crippen LogP contribution in [0, 0.1) is 52.3 Å². The van der Waals surface area contributed by atoms with Crippen LogP contribution in [0.25, 0.3) is 0 Å². The summed E-state index contributed by atoms with van der Waals surface area (Å²) in [4.78, 5) is 12.7. The molecule has 0 amide bonds. The summed E-state index contributed by atoms with van der Waals surface area (Å²) in [5.41, 5.74) is 3.30. The first-order chi connectivity index (χ1) is 17.6. The molecule has 1 aromatic carbocycles. The first-order valence-electron chi connectivity index (χ1n) is 15.3. The number of fused-ring (bicyclic) bond motifs is 5. The van der Waals surface area contributed by atoms with E-state index in [1.54, 1.807) is 0 Å². The van der Waals surface area contributed by atoms with Crippen LogP contribution in [-0.4, -0.2) is 12.1 Å². The Kier molecular flexibility index (Phi) is 7.51. The lowest BCUT2D eigenvalue weighted by atomic mass is 9.47. The molecule has 0 radical (unpaired) electrons. The summed E-state index contributed by atoms with van der Waals surface area (Å²) in [7, 11) is 0. The van der Waals surface area contributed by atoms with E-state index in [1.807, 2.05) is 35.9 Å². The topological polar surface area (TPSA) is 26.3 Å². The lowest BCUT2D eigenvalue weighted by Crippen LogP contribution is -2.50. The first kappa shape index (κ1) is 26.8. The minimum Gasteiger partial charge on any atom is -0.459 e. The van der Waals surface area contributed by atoms with Crippen molar-refractivity contribution in [2.45, 2.75) is 99.0 Å². The quantitative estimate of drug-likeness (QED) is 0.286. The molecule has 202 valence electrons. The third-order valence-electron chi connectivity index (χ3n) is 11.8. The monoisotopic (exact) mass is 502 g/mol. The predicted octanol–water partition coefficient (Wildman–Crippen LogP) is 9.28. The second kappa shape index (κ2) is 10.4. The van der Waals surface area contributed by atoms with Crippen LogP contribution in [0.4, 0.5) is 0 Å². The normalized spacial score (nSPS) is 38.9. The molecule has 2 nitrogen and oxygen atoms in total. The summed E-state index contributed by atoms with van der Waals surface area (Å²) in [6.07, 6.45) is 17.6. The molecule has 0 aliphatic heterocycles. The molecular weight excluding hydrogens is 452 g/mol. The maximum Gasteiger partial charge on any atom is 0.338 e. The number of ether oxygens (including phenoxy) is 1. The standard InChI is InChI=1S/C35H50O2/c1-23(2)24(3)12-13-25(4)30-16-17-31-29-15-14-27-22-28(37-33(36)26-10-8-7-9-11-26)18-20-34(27,5)32(29)19-21-35(30,31)6/h7-13,15,23-25,27-28,30-32H,14,16-22H2,1-6H3/b13-12+. The second-order valence-corrected chi connectivity index (χ2v) is 14.0. The van der Waals surface area contributed by atoms with Gasteiger partial charge in [-0.2, -0.15) is 0 Å². The van der Waals surface area contributed by atoms with Gasteiger partial charge in [-0.25, -0.2) is 4.79 Å². The third-order valence-corrected chi connectivity index (χ3v) is 11.8. The van der Waals surface area contributed by atoms with E-state index in [0.717, 1.165) is 30.6 Å². The van der Waals surface area contributed by atoms with Crippen LogP contribution in [0.5, 0.6) is 0 Å². The molecule has 0 spiro atoms. The number of allylic oxidation sites excluding steroid dienone is 4. The van der Waals surface area contributed by atoms with E-state index in [4.69, 9.17) is 4.74 Å². The highest BCUT2D eigenvalue weighted by Crippen LogP contribution is 2.66. The van der Waals surface area contributed by atoms with Crippen molar-refractivity contribution in [1.82, 2.24) is 0 Å². The Morgan fingerprint density at radius 3 is 2.35 bits per heavy atom. The number of hydrogen-bond acceptors (Lipinski definition) is 2. The lowest BCUT2D eigenvalue weighted by Gasteiger charge is -2.58. The zero-order valence-corrected chi connectivity index (χ0v) is 24.2. The molecule has 9 unspecified atom stereocenters. The van der Waals surface area contributed by atoms with E-state index in [1.165, 1.54) is 38.5 Å². The van der Waals surface area contributed by atoms with E-state index in [9.17, 15) is 4.79 Å². The number of benzene rings is 1. The maximum absolute atomic E-state index is 12.7. The van der Waals surface area contributed by atoms with Crippen molar-refractivity contribution < 1.29 is 9.53 Å². The Hall–Kier alpha value is -1.83. The molecule has 4 aliphatic rings. The van der Waals surface area contributed by atoms with Crippen molar-refractivity contribution in [3.8, 4) is 0 Å². The Balaban J connectivity index is 1.28. The molecule has 0 N–H and O–H groups in total. The van der Waals surface area contributed by atoms with Crippen LogP contribution in [0.1, 0.15) is 103 Å². The van der Waals surface area contributed by atoms with Crippen molar-refractivity contribution in [1.29, 1.82) is 0 Å². The molecule has 9 atom stereocenters. The number of hydrogen-bond donors (Lipinski definition) is 0. The fraction of sp³-hybridized carbons (Fsp3) is 0.686. The molecular formula is C35H50O2. The van der Waals surface area contributed by atoms with Crippen molar-refractivity contribution in [3.05, 3.63) is 59.7 Å². The molecule has 0 aromatic heterocycles. The highest BCUT2D eigenvalue weighted by atomic mass is 16.5. The molecule has 1 aromatic rings. The van der Waals surface area contributed by atoms with Crippen molar-refractivity contribution in [2.75, 3.05) is 0 Å². The zero-order chi connectivity index (χ0) is 26.4. The van der Waals surface area contributed by atoms with Gasteiger partial charge in [-0.15, -0.1) is 0 Å². The fourth-order valence-corrected chi connectivity index (χ4v) is 8.99. The Morgan fingerprint density at radius 2 is 1.62 bits per heavy atom. The highest BCUT2D eigenvalue weighted by molar-refractivity contribution is 5.89. The van der Waals surface area contributed by atoms with Gasteiger partial charge < -0.3 is 4.74 Å². The van der Waals surface area contributed by atoms with Gasteiger partial charge in [0.2, 0.25) is 0 Å². The van der Waals surface area contributed by atoms with E-state index in [2.05, 4.69) is 59.8 Å². The number of esters is 1. The summed E-state index contributed by atoms with van der Waals surface area (Å²) in [6.45, 7) is 14.7. The lowest BCUT2D eigenvalue weighted by molar-refractivity contribution is -0.0515. The van der Waals surface area contributed by atoms with Gasteiger partial charge in [0, 0.05) is 0 Å². The summed E-state index contributed by atoms with van der Waals surface area (Å²) in [6, 6.07) is 9.49. The highest BCUT2D eigenvalue weighted by Gasteiger charge is 2.58. The van der Waals surface area contributed by atoms with Gasteiger partial charge in [-0.1, -0.05) is 83.5 Å². The second-order valence-electron chi connectivity index (χ2n) is 14.0. The third kappa shape index (κ3) is 4.87. The van der Waals surface area contributed by atoms with Gasteiger partial charge in [-0.05, 0) is 116 Å². The molecule has 0 saturated heterocycles. The summed E-state index contributed by atoms with van der Waals surface area (Å²) in [5, 5.41) is 0. The molecule has 5 rings (SSSR count). The van der Waals surface area contributed by atoms with Crippen LogP contribution in [-0.2, 0) is 4.74 Å². The first-order valence-corrected chi connectivity index (χ1v) is 15.3. The predicted molar refractivity (Wildman–Crippen MR) is 153 cm³/mol. The van der Waals surface area contributed by atoms with E-state index < -0.39 is 0 Å². The van der Waals surface area contributed by atoms with Gasteiger partial charge in [0.05, 0.1) is 5.56 Å². The summed E-state index contributed by atoms with van der Waals surface area (Å²) >= 11 is 0. The smallest absolute Gasteiger partial charge is 0.338 e. The number of carbonyl (C=O) groups excluding carboxylic acids is 1. The SMILES string of the molecule is CC(C)C(C)/C=C/C(C)C1CCC2C3=CCC4CC(OC(=O)c5ccccc5)CCC4(C)C3CCC21C. The molecule has 37 heavy (non-hydrogen) atoms. The molecule has 4 aliphatic carbocycles. The van der Waals surface area contributed by atoms with E-state index >= 15 is 0 Å². The van der Waals surface area contributed by atoms with Crippen molar-refractivity contribution in [3.63, 3.8) is 0 Å². The Bertz CT molecular complexity index is 1020. The molecule has 0 heterocycles. The molecule has 0 bridgehead atoms. The van der Waals surface area contributed by atoms with Crippen LogP contribution in [0.15, 0.2) is 54.1 Å². The zero-order valence-electron chi connectivity index (χ0n) is 24.2. The summed E-state index contributed by atoms with van der Waals surface area (Å²) in [5.74, 6) is 4.79. The van der Waals surface area contributed by atoms with Crippen LogP contribution >= 0.6 is 0 Å². The largest absolute Gasteiger partial charge is 0.459 e. The average Bonchev–Trinajstić information content (AvgIpc) is 3.25. The minimum atomic E-state index is -0.155. The Morgan fingerprint density at radius 1 is 0.919 bits per heavy atom. The van der Waals surface area contributed by atoms with Crippen molar-refractivity contribution in [2.24, 2.45) is 52.3 Å². The van der Waals surface area contributed by atoms with Gasteiger partial charge in [-0.3, -0.25) is 0 Å². The van der Waals surface area contributed by atoms with Crippen LogP contribution in [0.2, 0.25) is 0 Å². The number of rotatable bonds is 6. The minimum absolute atomic E-state index is 0.0614. The molecule has 2 heteroatoms. The van der Waals surface area contributed by atoms with Gasteiger partial charge in [0.1, 0.15) is 6.10 Å². The molecule has 3 fully saturated rings. The number of carbonyl (C=O) groups is 1. The van der Waals surface area contributed by atoms with Gasteiger partial charge in [0.15, 0.2) is 0 Å². The van der Waals surface area contributed by atoms with Crippen LogP contribution in [0.3, 0.4) is 0 Å². The maximum atomic E-state index is 12.7. The summed E-state index contributed by atoms with van der Waals surface area (Å²) < 4.78 is 6.02. The average molecular weight is 503 g/mol.